The van der Waals surface area contributed by atoms with Crippen LogP contribution < -0.4 is 5.73 Å². The lowest BCUT2D eigenvalue weighted by atomic mass is 9.92. The third-order valence-electron chi connectivity index (χ3n) is 2.76. The van der Waals surface area contributed by atoms with Crippen molar-refractivity contribution in [2.24, 2.45) is 0 Å². The lowest BCUT2D eigenvalue weighted by Gasteiger charge is -2.15. The van der Waals surface area contributed by atoms with Crippen molar-refractivity contribution >= 4 is 5.69 Å². The zero-order valence-electron chi connectivity index (χ0n) is 11.4. The maximum Gasteiger partial charge on any atom is 0.417 e. The number of halogens is 3. The largest absolute Gasteiger partial charge is 0.417 e. The predicted molar refractivity (Wildman–Crippen MR) is 69.5 cm³/mol. The molecule has 0 saturated heterocycles. The van der Waals surface area contributed by atoms with Gasteiger partial charge in [-0.1, -0.05) is 20.8 Å². The van der Waals surface area contributed by atoms with Gasteiger partial charge in [-0.15, -0.1) is 0 Å². The monoisotopic (exact) mass is 284 g/mol. The second-order valence-corrected chi connectivity index (χ2v) is 5.53. The molecule has 0 atom stereocenters. The fourth-order valence-corrected chi connectivity index (χ4v) is 1.78. The van der Waals surface area contributed by atoms with Crippen molar-refractivity contribution in [2.75, 3.05) is 5.73 Å². The SMILES string of the molecule is CC(C)(C)c1nn(-c2ccc(C(F)(F)F)cn2)cc1N. The summed E-state index contributed by atoms with van der Waals surface area (Å²) in [5.41, 5.74) is 6.00. The van der Waals surface area contributed by atoms with Gasteiger partial charge in [-0.05, 0) is 12.1 Å². The molecule has 2 rings (SSSR count). The topological polar surface area (TPSA) is 56.7 Å². The molecule has 0 amide bonds. The van der Waals surface area contributed by atoms with Crippen molar-refractivity contribution in [1.82, 2.24) is 14.8 Å². The zero-order valence-corrected chi connectivity index (χ0v) is 11.4. The number of nitrogen functional groups attached to an aromatic ring is 1. The summed E-state index contributed by atoms with van der Waals surface area (Å²) >= 11 is 0. The Morgan fingerprint density at radius 2 is 1.80 bits per heavy atom. The molecule has 0 radical (unpaired) electrons. The first-order valence-electron chi connectivity index (χ1n) is 5.98. The van der Waals surface area contributed by atoms with Crippen molar-refractivity contribution in [3.63, 3.8) is 0 Å². The Morgan fingerprint density at radius 3 is 2.20 bits per heavy atom. The summed E-state index contributed by atoms with van der Waals surface area (Å²) < 4.78 is 38.8. The molecule has 2 aromatic rings. The maximum absolute atomic E-state index is 12.5. The van der Waals surface area contributed by atoms with Gasteiger partial charge in [0, 0.05) is 11.6 Å². The average Bonchev–Trinajstić information content (AvgIpc) is 2.70. The first-order chi connectivity index (χ1) is 9.09. The summed E-state index contributed by atoms with van der Waals surface area (Å²) in [6, 6.07) is 2.23. The molecule has 0 bridgehead atoms. The van der Waals surface area contributed by atoms with Crippen LogP contribution in [0.2, 0.25) is 0 Å². The average molecular weight is 284 g/mol. The summed E-state index contributed by atoms with van der Waals surface area (Å²) in [5, 5.41) is 4.29. The Labute approximate surface area is 114 Å². The maximum atomic E-state index is 12.5. The van der Waals surface area contributed by atoms with Crippen molar-refractivity contribution < 1.29 is 13.2 Å². The van der Waals surface area contributed by atoms with Crippen molar-refractivity contribution in [2.45, 2.75) is 32.4 Å². The number of rotatable bonds is 1. The third-order valence-corrected chi connectivity index (χ3v) is 2.76. The van der Waals surface area contributed by atoms with E-state index in [1.165, 1.54) is 10.7 Å². The first-order valence-corrected chi connectivity index (χ1v) is 5.98. The van der Waals surface area contributed by atoms with Crippen LogP contribution >= 0.6 is 0 Å². The van der Waals surface area contributed by atoms with Crippen LogP contribution in [0.1, 0.15) is 32.0 Å². The fraction of sp³-hybridized carbons (Fsp3) is 0.385. The van der Waals surface area contributed by atoms with E-state index in [2.05, 4.69) is 10.1 Å². The molecule has 4 nitrogen and oxygen atoms in total. The van der Waals surface area contributed by atoms with E-state index in [1.807, 2.05) is 20.8 Å². The van der Waals surface area contributed by atoms with E-state index >= 15 is 0 Å². The Morgan fingerprint density at radius 1 is 1.15 bits per heavy atom. The Balaban J connectivity index is 2.38. The van der Waals surface area contributed by atoms with Crippen LogP contribution in [0.3, 0.4) is 0 Å². The van der Waals surface area contributed by atoms with Gasteiger partial charge in [-0.25, -0.2) is 9.67 Å². The van der Waals surface area contributed by atoms with E-state index in [9.17, 15) is 13.2 Å². The number of aromatic nitrogens is 3. The highest BCUT2D eigenvalue weighted by Gasteiger charge is 2.30. The predicted octanol–water partition coefficient (Wildman–Crippen LogP) is 3.17. The normalized spacial score (nSPS) is 12.7. The number of nitrogens with two attached hydrogens (primary N) is 1. The summed E-state index contributed by atoms with van der Waals surface area (Å²) in [6.45, 7) is 5.86. The molecule has 2 aromatic heterocycles. The quantitative estimate of drug-likeness (QED) is 0.875. The van der Waals surface area contributed by atoms with Crippen LogP contribution in [-0.2, 0) is 11.6 Å². The number of anilines is 1. The standard InChI is InChI=1S/C13H15F3N4/c1-12(2,3)11-9(17)7-20(19-11)10-5-4-8(6-18-10)13(14,15)16/h4-7H,17H2,1-3H3. The summed E-state index contributed by atoms with van der Waals surface area (Å²) in [5.74, 6) is 0.292. The number of pyridine rings is 1. The molecule has 0 aliphatic rings. The zero-order chi connectivity index (χ0) is 15.1. The second kappa shape index (κ2) is 4.50. The molecule has 2 heterocycles. The van der Waals surface area contributed by atoms with E-state index < -0.39 is 11.7 Å². The van der Waals surface area contributed by atoms with Crippen LogP contribution in [0.15, 0.2) is 24.5 Å². The molecule has 0 saturated carbocycles. The molecule has 0 aromatic carbocycles. The minimum atomic E-state index is -4.40. The van der Waals surface area contributed by atoms with Gasteiger partial charge in [-0.2, -0.15) is 18.3 Å². The minimum Gasteiger partial charge on any atom is -0.396 e. The molecule has 0 aliphatic heterocycles. The highest BCUT2D eigenvalue weighted by atomic mass is 19.4. The van der Waals surface area contributed by atoms with Gasteiger partial charge in [0.1, 0.15) is 0 Å². The van der Waals surface area contributed by atoms with Crippen LogP contribution in [0.4, 0.5) is 18.9 Å². The van der Waals surface area contributed by atoms with Crippen LogP contribution in [0, 0.1) is 0 Å². The second-order valence-electron chi connectivity index (χ2n) is 5.53. The smallest absolute Gasteiger partial charge is 0.396 e. The van der Waals surface area contributed by atoms with Gasteiger partial charge >= 0.3 is 6.18 Å². The van der Waals surface area contributed by atoms with Gasteiger partial charge in [0.25, 0.3) is 0 Å². The van der Waals surface area contributed by atoms with E-state index in [1.54, 1.807) is 6.20 Å². The van der Waals surface area contributed by atoms with Gasteiger partial charge in [-0.3, -0.25) is 0 Å². The van der Waals surface area contributed by atoms with Crippen molar-refractivity contribution in [1.29, 1.82) is 0 Å². The van der Waals surface area contributed by atoms with Crippen LogP contribution in [0.5, 0.6) is 0 Å². The molecule has 0 unspecified atom stereocenters. The molecule has 0 spiro atoms. The van der Waals surface area contributed by atoms with Gasteiger partial charge in [0.15, 0.2) is 5.82 Å². The molecule has 7 heteroatoms. The summed E-state index contributed by atoms with van der Waals surface area (Å²) in [6.07, 6.45) is -2.06. The molecular formula is C13H15F3N4. The van der Waals surface area contributed by atoms with E-state index in [0.29, 0.717) is 17.2 Å². The molecule has 108 valence electrons. The highest BCUT2D eigenvalue weighted by molar-refractivity contribution is 5.46. The Kier molecular flexibility index (Phi) is 3.23. The minimum absolute atomic E-state index is 0.249. The number of hydrogen-bond donors (Lipinski definition) is 1. The van der Waals surface area contributed by atoms with Crippen LogP contribution in [0.25, 0.3) is 5.82 Å². The van der Waals surface area contributed by atoms with Gasteiger partial charge in [0.2, 0.25) is 0 Å². The van der Waals surface area contributed by atoms with E-state index in [-0.39, 0.29) is 5.41 Å². The van der Waals surface area contributed by atoms with E-state index in [0.717, 1.165) is 12.3 Å². The van der Waals surface area contributed by atoms with E-state index in [4.69, 9.17) is 5.73 Å². The lowest BCUT2D eigenvalue weighted by Crippen LogP contribution is -2.14. The number of nitrogens with zero attached hydrogens (tertiary/aromatic N) is 3. The van der Waals surface area contributed by atoms with Crippen molar-refractivity contribution in [3.05, 3.63) is 35.8 Å². The third kappa shape index (κ3) is 2.76. The number of hydrogen-bond acceptors (Lipinski definition) is 3. The van der Waals surface area contributed by atoms with Crippen molar-refractivity contribution in [3.8, 4) is 5.82 Å². The van der Waals surface area contributed by atoms with Gasteiger partial charge in [0.05, 0.1) is 23.1 Å². The molecular weight excluding hydrogens is 269 g/mol. The summed E-state index contributed by atoms with van der Waals surface area (Å²) in [4.78, 5) is 3.78. The lowest BCUT2D eigenvalue weighted by molar-refractivity contribution is -0.137. The highest BCUT2D eigenvalue weighted by Crippen LogP contribution is 2.29. The first kappa shape index (κ1) is 14.4. The Hall–Kier alpha value is -2.05. The summed E-state index contributed by atoms with van der Waals surface area (Å²) in [7, 11) is 0. The molecule has 0 fully saturated rings. The molecule has 0 aliphatic carbocycles. The molecule has 2 N–H and O–H groups in total. The fourth-order valence-electron chi connectivity index (χ4n) is 1.78. The van der Waals surface area contributed by atoms with Crippen LogP contribution in [-0.4, -0.2) is 14.8 Å². The number of alkyl halides is 3. The Bertz CT molecular complexity index is 606. The molecule has 20 heavy (non-hydrogen) atoms. The van der Waals surface area contributed by atoms with Gasteiger partial charge < -0.3 is 5.73 Å².